The van der Waals surface area contributed by atoms with Crippen LogP contribution in [0, 0.1) is 0 Å². The molecule has 0 radical (unpaired) electrons. The fourth-order valence-corrected chi connectivity index (χ4v) is 1.68. The molecule has 0 spiro atoms. The Morgan fingerprint density at radius 3 is 3.15 bits per heavy atom. The maximum absolute atomic E-state index is 11.0. The SMILES string of the molecule is NS(=O)(=O)c1cnn2c1OCNC2. The molecular formula is C5H8N4O3S. The lowest BCUT2D eigenvalue weighted by atomic mass is 10.6. The van der Waals surface area contributed by atoms with Gasteiger partial charge in [0.2, 0.25) is 15.9 Å². The summed E-state index contributed by atoms with van der Waals surface area (Å²) in [6.07, 6.45) is 1.18. The maximum atomic E-state index is 11.0. The van der Waals surface area contributed by atoms with Gasteiger partial charge >= 0.3 is 0 Å². The molecule has 8 heteroatoms. The third kappa shape index (κ3) is 1.39. The highest BCUT2D eigenvalue weighted by molar-refractivity contribution is 7.89. The number of fused-ring (bicyclic) bond motifs is 1. The first-order valence-electron chi connectivity index (χ1n) is 3.51. The minimum Gasteiger partial charge on any atom is -0.461 e. The van der Waals surface area contributed by atoms with Crippen LogP contribution in [0.1, 0.15) is 0 Å². The van der Waals surface area contributed by atoms with Crippen LogP contribution in [0.5, 0.6) is 5.88 Å². The molecule has 0 aliphatic carbocycles. The highest BCUT2D eigenvalue weighted by atomic mass is 32.2. The number of aromatic nitrogens is 2. The van der Waals surface area contributed by atoms with Crippen molar-refractivity contribution in [2.45, 2.75) is 11.6 Å². The molecule has 0 unspecified atom stereocenters. The van der Waals surface area contributed by atoms with Crippen LogP contribution in [0.2, 0.25) is 0 Å². The van der Waals surface area contributed by atoms with E-state index in [-0.39, 0.29) is 17.5 Å². The fourth-order valence-electron chi connectivity index (χ4n) is 1.08. The Morgan fingerprint density at radius 2 is 2.46 bits per heavy atom. The summed E-state index contributed by atoms with van der Waals surface area (Å²) in [5, 5.41) is 11.6. The van der Waals surface area contributed by atoms with Crippen molar-refractivity contribution in [2.24, 2.45) is 5.14 Å². The van der Waals surface area contributed by atoms with Gasteiger partial charge in [0.25, 0.3) is 0 Å². The predicted octanol–water partition coefficient (Wildman–Crippen LogP) is -1.57. The van der Waals surface area contributed by atoms with Gasteiger partial charge in [-0.2, -0.15) is 5.10 Å². The molecule has 0 saturated carbocycles. The standard InChI is InChI=1S/C5H8N4O3S/c6-13(10,11)4-1-8-9-2-7-3-12-5(4)9/h1,7H,2-3H2,(H2,6,10,11). The minimum atomic E-state index is -3.74. The summed E-state index contributed by atoms with van der Waals surface area (Å²) in [7, 11) is -3.74. The largest absolute Gasteiger partial charge is 0.461 e. The number of ether oxygens (including phenoxy) is 1. The van der Waals surface area contributed by atoms with Crippen LogP contribution in [-0.4, -0.2) is 24.9 Å². The first kappa shape index (κ1) is 8.48. The number of hydrogen-bond donors (Lipinski definition) is 2. The first-order chi connectivity index (χ1) is 6.09. The predicted molar refractivity (Wildman–Crippen MR) is 42.2 cm³/mol. The quantitative estimate of drug-likeness (QED) is 0.575. The van der Waals surface area contributed by atoms with Gasteiger partial charge in [-0.25, -0.2) is 18.2 Å². The summed E-state index contributed by atoms with van der Waals surface area (Å²) in [6, 6.07) is 0. The van der Waals surface area contributed by atoms with E-state index in [1.54, 1.807) is 0 Å². The molecule has 1 aromatic heterocycles. The molecule has 13 heavy (non-hydrogen) atoms. The van der Waals surface area contributed by atoms with Gasteiger partial charge in [0.15, 0.2) is 4.90 Å². The van der Waals surface area contributed by atoms with E-state index in [9.17, 15) is 8.42 Å². The van der Waals surface area contributed by atoms with Crippen molar-refractivity contribution in [1.29, 1.82) is 0 Å². The summed E-state index contributed by atoms with van der Waals surface area (Å²) in [5.74, 6) is 0.196. The number of primary sulfonamides is 1. The topological polar surface area (TPSA) is 99.2 Å². The van der Waals surface area contributed by atoms with Crippen LogP contribution >= 0.6 is 0 Å². The monoisotopic (exact) mass is 204 g/mol. The Bertz CT molecular complexity index is 423. The lowest BCUT2D eigenvalue weighted by Crippen LogP contribution is -2.31. The lowest BCUT2D eigenvalue weighted by Gasteiger charge is -2.16. The van der Waals surface area contributed by atoms with Crippen molar-refractivity contribution < 1.29 is 13.2 Å². The van der Waals surface area contributed by atoms with Gasteiger partial charge in [0.05, 0.1) is 12.9 Å². The molecule has 2 heterocycles. The van der Waals surface area contributed by atoms with Crippen molar-refractivity contribution in [2.75, 3.05) is 6.73 Å². The lowest BCUT2D eigenvalue weighted by molar-refractivity contribution is 0.192. The molecule has 0 fully saturated rings. The molecule has 0 saturated heterocycles. The van der Waals surface area contributed by atoms with Crippen molar-refractivity contribution in [3.05, 3.63) is 6.20 Å². The highest BCUT2D eigenvalue weighted by Gasteiger charge is 2.23. The molecule has 2 rings (SSSR count). The fraction of sp³-hybridized carbons (Fsp3) is 0.400. The van der Waals surface area contributed by atoms with E-state index in [0.29, 0.717) is 6.67 Å². The van der Waals surface area contributed by atoms with E-state index in [0.717, 1.165) is 0 Å². The van der Waals surface area contributed by atoms with E-state index in [4.69, 9.17) is 9.88 Å². The Hall–Kier alpha value is -1.12. The smallest absolute Gasteiger partial charge is 0.245 e. The molecule has 7 nitrogen and oxygen atoms in total. The van der Waals surface area contributed by atoms with Gasteiger partial charge < -0.3 is 4.74 Å². The van der Waals surface area contributed by atoms with Gasteiger partial charge in [0, 0.05) is 0 Å². The summed E-state index contributed by atoms with van der Waals surface area (Å²) in [6.45, 7) is 0.680. The van der Waals surface area contributed by atoms with E-state index in [2.05, 4.69) is 10.4 Å². The minimum absolute atomic E-state index is 0.0750. The number of nitrogens with one attached hydrogen (secondary N) is 1. The van der Waals surface area contributed by atoms with Gasteiger partial charge in [-0.3, -0.25) is 5.32 Å². The van der Waals surface area contributed by atoms with Crippen molar-refractivity contribution >= 4 is 10.0 Å². The third-order valence-corrected chi connectivity index (χ3v) is 2.53. The van der Waals surface area contributed by atoms with Crippen LogP contribution in [-0.2, 0) is 16.7 Å². The number of sulfonamides is 1. The van der Waals surface area contributed by atoms with E-state index < -0.39 is 10.0 Å². The number of rotatable bonds is 1. The molecule has 72 valence electrons. The Kier molecular flexibility index (Phi) is 1.75. The molecule has 0 amide bonds. The Labute approximate surface area is 74.5 Å². The zero-order chi connectivity index (χ0) is 9.47. The zero-order valence-electron chi connectivity index (χ0n) is 6.60. The first-order valence-corrected chi connectivity index (χ1v) is 5.06. The average Bonchev–Trinajstić information content (AvgIpc) is 2.45. The summed E-state index contributed by atoms with van der Waals surface area (Å²) >= 11 is 0. The second kappa shape index (κ2) is 2.69. The molecule has 3 N–H and O–H groups in total. The molecule has 0 bridgehead atoms. The average molecular weight is 204 g/mol. The molecule has 1 aromatic rings. The van der Waals surface area contributed by atoms with Crippen molar-refractivity contribution in [1.82, 2.24) is 15.1 Å². The zero-order valence-corrected chi connectivity index (χ0v) is 7.41. The van der Waals surface area contributed by atoms with Crippen LogP contribution < -0.4 is 15.2 Å². The summed E-state index contributed by atoms with van der Waals surface area (Å²) < 4.78 is 28.4. The second-order valence-electron chi connectivity index (χ2n) is 2.56. The van der Waals surface area contributed by atoms with Gasteiger partial charge in [-0.15, -0.1) is 0 Å². The van der Waals surface area contributed by atoms with Crippen molar-refractivity contribution in [3.8, 4) is 5.88 Å². The van der Waals surface area contributed by atoms with E-state index >= 15 is 0 Å². The number of hydrogen-bond acceptors (Lipinski definition) is 5. The summed E-state index contributed by atoms with van der Waals surface area (Å²) in [4.78, 5) is -0.0750. The second-order valence-corrected chi connectivity index (χ2v) is 4.09. The Morgan fingerprint density at radius 1 is 1.69 bits per heavy atom. The van der Waals surface area contributed by atoms with Crippen LogP contribution in [0.4, 0.5) is 0 Å². The van der Waals surface area contributed by atoms with E-state index in [1.165, 1.54) is 10.9 Å². The van der Waals surface area contributed by atoms with Crippen LogP contribution in [0.25, 0.3) is 0 Å². The Balaban J connectivity index is 2.55. The van der Waals surface area contributed by atoms with Crippen molar-refractivity contribution in [3.63, 3.8) is 0 Å². The molecule has 0 atom stereocenters. The van der Waals surface area contributed by atoms with Crippen LogP contribution in [0.3, 0.4) is 0 Å². The number of nitrogens with two attached hydrogens (primary N) is 1. The molecule has 1 aliphatic rings. The molecular weight excluding hydrogens is 196 g/mol. The third-order valence-electron chi connectivity index (χ3n) is 1.64. The highest BCUT2D eigenvalue weighted by Crippen LogP contribution is 2.22. The number of nitrogens with zero attached hydrogens (tertiary/aromatic N) is 2. The molecule has 0 aromatic carbocycles. The maximum Gasteiger partial charge on any atom is 0.245 e. The summed E-state index contributed by atoms with van der Waals surface area (Å²) in [5.41, 5.74) is 0. The molecule has 1 aliphatic heterocycles. The normalized spacial score (nSPS) is 16.4. The van der Waals surface area contributed by atoms with E-state index in [1.807, 2.05) is 0 Å². The van der Waals surface area contributed by atoms with Gasteiger partial charge in [-0.05, 0) is 0 Å². The van der Waals surface area contributed by atoms with Crippen LogP contribution in [0.15, 0.2) is 11.1 Å². The van der Waals surface area contributed by atoms with Gasteiger partial charge in [0.1, 0.15) is 6.73 Å². The van der Waals surface area contributed by atoms with Gasteiger partial charge in [-0.1, -0.05) is 0 Å².